The van der Waals surface area contributed by atoms with Crippen LogP contribution in [0.5, 0.6) is 0 Å². The minimum Gasteiger partial charge on any atom is -0.372 e. The Kier molecular flexibility index (Phi) is 6.73. The maximum absolute atomic E-state index is 12.8. The third kappa shape index (κ3) is 5.23. The number of hydrogen-bond acceptors (Lipinski definition) is 3. The fraction of sp³-hybridized carbons (Fsp3) is 0.500. The first kappa shape index (κ1) is 20.9. The van der Waals surface area contributed by atoms with Crippen molar-refractivity contribution in [1.29, 1.82) is 0 Å². The zero-order chi connectivity index (χ0) is 20.9. The molecule has 0 bridgehead atoms. The standard InChI is InChI=1S/C26H35N3O/c1-20-13-16-28(17-14-20)25-11-9-23(10-12-25)26(30)27-24-8-5-7-22(18-24)19-29-15-4-3-6-21(29)2/h5,7-12,18,20-21H,3-4,6,13-17,19H2,1-2H3,(H,27,30)/t21-/m0/s1. The smallest absolute Gasteiger partial charge is 0.255 e. The molecule has 2 heterocycles. The van der Waals surface area contributed by atoms with Gasteiger partial charge in [-0.2, -0.15) is 0 Å². The molecule has 160 valence electrons. The number of carbonyl (C=O) groups excluding carboxylic acids is 1. The van der Waals surface area contributed by atoms with E-state index in [1.165, 1.54) is 49.9 Å². The Balaban J connectivity index is 1.36. The Morgan fingerprint density at radius 3 is 2.47 bits per heavy atom. The van der Waals surface area contributed by atoms with Crippen LogP contribution in [0.15, 0.2) is 48.5 Å². The molecule has 4 rings (SSSR count). The molecule has 2 aromatic carbocycles. The number of benzene rings is 2. The van der Waals surface area contributed by atoms with Gasteiger partial charge in [0.2, 0.25) is 0 Å². The third-order valence-electron chi connectivity index (χ3n) is 6.79. The van der Waals surface area contributed by atoms with Gasteiger partial charge in [0.05, 0.1) is 0 Å². The largest absolute Gasteiger partial charge is 0.372 e. The van der Waals surface area contributed by atoms with E-state index < -0.39 is 0 Å². The first-order valence-corrected chi connectivity index (χ1v) is 11.6. The van der Waals surface area contributed by atoms with Crippen LogP contribution >= 0.6 is 0 Å². The normalized spacial score (nSPS) is 20.9. The minimum absolute atomic E-state index is 0.0442. The van der Waals surface area contributed by atoms with Crippen molar-refractivity contribution in [2.24, 2.45) is 5.92 Å². The number of anilines is 2. The van der Waals surface area contributed by atoms with Crippen molar-refractivity contribution in [1.82, 2.24) is 4.90 Å². The van der Waals surface area contributed by atoms with E-state index in [1.807, 2.05) is 24.3 Å². The van der Waals surface area contributed by atoms with Gasteiger partial charge in [0.1, 0.15) is 0 Å². The SMILES string of the molecule is CC1CCN(c2ccc(C(=O)Nc3cccc(CN4CCCC[C@@H]4C)c3)cc2)CC1. The number of hydrogen-bond donors (Lipinski definition) is 1. The van der Waals surface area contributed by atoms with Gasteiger partial charge < -0.3 is 10.2 Å². The number of carbonyl (C=O) groups is 1. The highest BCUT2D eigenvalue weighted by atomic mass is 16.1. The predicted octanol–water partition coefficient (Wildman–Crippen LogP) is 5.55. The molecule has 0 saturated carbocycles. The summed E-state index contributed by atoms with van der Waals surface area (Å²) < 4.78 is 0. The summed E-state index contributed by atoms with van der Waals surface area (Å²) in [6.07, 6.45) is 6.39. The Hall–Kier alpha value is -2.33. The lowest BCUT2D eigenvalue weighted by molar-refractivity contribution is 0.102. The van der Waals surface area contributed by atoms with Gasteiger partial charge in [0.15, 0.2) is 0 Å². The molecule has 2 aliphatic rings. The monoisotopic (exact) mass is 405 g/mol. The Bertz CT molecular complexity index is 840. The van der Waals surface area contributed by atoms with E-state index in [0.717, 1.165) is 31.2 Å². The van der Waals surface area contributed by atoms with Gasteiger partial charge in [-0.3, -0.25) is 9.69 Å². The minimum atomic E-state index is -0.0442. The number of likely N-dealkylation sites (tertiary alicyclic amines) is 1. The van der Waals surface area contributed by atoms with Gasteiger partial charge >= 0.3 is 0 Å². The molecule has 4 nitrogen and oxygen atoms in total. The van der Waals surface area contributed by atoms with Crippen LogP contribution in [0.4, 0.5) is 11.4 Å². The van der Waals surface area contributed by atoms with Crippen molar-refractivity contribution in [3.8, 4) is 0 Å². The number of amides is 1. The maximum atomic E-state index is 12.8. The van der Waals surface area contributed by atoms with Crippen molar-refractivity contribution < 1.29 is 4.79 Å². The van der Waals surface area contributed by atoms with Crippen LogP contribution < -0.4 is 10.2 Å². The predicted molar refractivity (Wildman–Crippen MR) is 125 cm³/mol. The fourth-order valence-electron chi connectivity index (χ4n) is 4.67. The van der Waals surface area contributed by atoms with Crippen LogP contribution in [-0.2, 0) is 6.54 Å². The van der Waals surface area contributed by atoms with Crippen molar-refractivity contribution in [2.45, 2.75) is 58.5 Å². The van der Waals surface area contributed by atoms with Crippen LogP contribution in [0.1, 0.15) is 61.9 Å². The highest BCUT2D eigenvalue weighted by Gasteiger charge is 2.19. The summed E-state index contributed by atoms with van der Waals surface area (Å²) in [7, 11) is 0. The van der Waals surface area contributed by atoms with Crippen molar-refractivity contribution in [3.63, 3.8) is 0 Å². The second-order valence-corrected chi connectivity index (χ2v) is 9.19. The molecule has 1 atom stereocenters. The highest BCUT2D eigenvalue weighted by Crippen LogP contribution is 2.24. The first-order valence-electron chi connectivity index (χ1n) is 11.6. The fourth-order valence-corrected chi connectivity index (χ4v) is 4.67. The van der Waals surface area contributed by atoms with Crippen molar-refractivity contribution >= 4 is 17.3 Å². The number of nitrogens with zero attached hydrogens (tertiary/aromatic N) is 2. The van der Waals surface area contributed by atoms with Gasteiger partial charge in [0, 0.05) is 42.6 Å². The van der Waals surface area contributed by atoms with Gasteiger partial charge in [-0.05, 0) is 87.0 Å². The van der Waals surface area contributed by atoms with E-state index in [4.69, 9.17) is 0 Å². The molecule has 0 aliphatic carbocycles. The zero-order valence-electron chi connectivity index (χ0n) is 18.4. The van der Waals surface area contributed by atoms with Crippen LogP contribution in [0, 0.1) is 5.92 Å². The third-order valence-corrected chi connectivity index (χ3v) is 6.79. The summed E-state index contributed by atoms with van der Waals surface area (Å²) in [5.41, 5.74) is 4.06. The van der Waals surface area contributed by atoms with E-state index >= 15 is 0 Å². The number of rotatable bonds is 5. The van der Waals surface area contributed by atoms with Crippen LogP contribution in [-0.4, -0.2) is 36.5 Å². The maximum Gasteiger partial charge on any atom is 0.255 e. The first-order chi connectivity index (χ1) is 14.6. The lowest BCUT2D eigenvalue weighted by Crippen LogP contribution is -2.36. The Morgan fingerprint density at radius 1 is 0.967 bits per heavy atom. The van der Waals surface area contributed by atoms with Gasteiger partial charge in [-0.25, -0.2) is 0 Å². The van der Waals surface area contributed by atoms with E-state index in [1.54, 1.807) is 0 Å². The molecule has 2 aliphatic heterocycles. The Labute approximate surface area is 181 Å². The number of nitrogens with one attached hydrogen (secondary N) is 1. The summed E-state index contributed by atoms with van der Waals surface area (Å²) in [6.45, 7) is 8.98. The van der Waals surface area contributed by atoms with Gasteiger partial charge in [-0.1, -0.05) is 25.5 Å². The van der Waals surface area contributed by atoms with Crippen molar-refractivity contribution in [2.75, 3.05) is 29.9 Å². The average Bonchev–Trinajstić information content (AvgIpc) is 2.76. The van der Waals surface area contributed by atoms with E-state index in [2.05, 4.69) is 53.2 Å². The molecule has 0 unspecified atom stereocenters. The molecule has 0 spiro atoms. The molecule has 4 heteroatoms. The summed E-state index contributed by atoms with van der Waals surface area (Å²) in [4.78, 5) is 17.7. The molecule has 0 aromatic heterocycles. The van der Waals surface area contributed by atoms with Crippen molar-refractivity contribution in [3.05, 3.63) is 59.7 Å². The quantitative estimate of drug-likeness (QED) is 0.708. The highest BCUT2D eigenvalue weighted by molar-refractivity contribution is 6.04. The molecular formula is C26H35N3O. The second kappa shape index (κ2) is 9.65. The molecular weight excluding hydrogens is 370 g/mol. The topological polar surface area (TPSA) is 35.6 Å². The summed E-state index contributed by atoms with van der Waals surface area (Å²) in [5.74, 6) is 0.775. The lowest BCUT2D eigenvalue weighted by atomic mass is 9.98. The van der Waals surface area contributed by atoms with Crippen LogP contribution in [0.2, 0.25) is 0 Å². The van der Waals surface area contributed by atoms with E-state index in [9.17, 15) is 4.79 Å². The molecule has 2 saturated heterocycles. The van der Waals surface area contributed by atoms with E-state index in [-0.39, 0.29) is 5.91 Å². The molecule has 1 amide bonds. The van der Waals surface area contributed by atoms with Gasteiger partial charge in [0.25, 0.3) is 5.91 Å². The van der Waals surface area contributed by atoms with Crippen LogP contribution in [0.25, 0.3) is 0 Å². The summed E-state index contributed by atoms with van der Waals surface area (Å²) in [5, 5.41) is 3.08. The zero-order valence-corrected chi connectivity index (χ0v) is 18.4. The lowest BCUT2D eigenvalue weighted by Gasteiger charge is -2.33. The summed E-state index contributed by atoms with van der Waals surface area (Å²) in [6, 6.07) is 17.0. The molecule has 2 fully saturated rings. The number of piperidine rings is 2. The average molecular weight is 406 g/mol. The molecule has 1 N–H and O–H groups in total. The molecule has 0 radical (unpaired) electrons. The molecule has 2 aromatic rings. The Morgan fingerprint density at radius 2 is 1.73 bits per heavy atom. The second-order valence-electron chi connectivity index (χ2n) is 9.19. The molecule has 30 heavy (non-hydrogen) atoms. The summed E-state index contributed by atoms with van der Waals surface area (Å²) >= 11 is 0. The van der Waals surface area contributed by atoms with Gasteiger partial charge in [-0.15, -0.1) is 0 Å². The van der Waals surface area contributed by atoms with E-state index in [0.29, 0.717) is 11.6 Å². The van der Waals surface area contributed by atoms with Crippen LogP contribution in [0.3, 0.4) is 0 Å².